The van der Waals surface area contributed by atoms with Crippen molar-refractivity contribution < 1.29 is 4.74 Å². The summed E-state index contributed by atoms with van der Waals surface area (Å²) < 4.78 is 5.45. The first-order valence-electron chi connectivity index (χ1n) is 4.43. The molecule has 2 aromatic heterocycles. The molecule has 0 fully saturated rings. The SMILES string of the molecule is Cc1cc(Oc2cccnc2)nc(N)n1. The summed E-state index contributed by atoms with van der Waals surface area (Å²) >= 11 is 0. The summed E-state index contributed by atoms with van der Waals surface area (Å²) in [5, 5.41) is 0. The van der Waals surface area contributed by atoms with E-state index in [2.05, 4.69) is 15.0 Å². The van der Waals surface area contributed by atoms with Gasteiger partial charge in [-0.15, -0.1) is 0 Å². The molecule has 0 unspecified atom stereocenters. The molecule has 0 saturated carbocycles. The van der Waals surface area contributed by atoms with Crippen LogP contribution in [-0.4, -0.2) is 15.0 Å². The van der Waals surface area contributed by atoms with E-state index in [0.717, 1.165) is 5.69 Å². The average Bonchev–Trinajstić information content (AvgIpc) is 2.17. The first-order valence-corrected chi connectivity index (χ1v) is 4.43. The number of nitrogen functional groups attached to an aromatic ring is 1. The summed E-state index contributed by atoms with van der Waals surface area (Å²) in [4.78, 5) is 11.8. The summed E-state index contributed by atoms with van der Waals surface area (Å²) in [6.07, 6.45) is 3.28. The van der Waals surface area contributed by atoms with Crippen LogP contribution in [0.2, 0.25) is 0 Å². The molecule has 0 spiro atoms. The molecule has 0 atom stereocenters. The lowest BCUT2D eigenvalue weighted by atomic mass is 10.4. The number of nitrogens with zero attached hydrogens (tertiary/aromatic N) is 3. The predicted molar refractivity (Wildman–Crippen MR) is 55.5 cm³/mol. The largest absolute Gasteiger partial charge is 0.437 e. The summed E-state index contributed by atoms with van der Waals surface area (Å²) in [7, 11) is 0. The number of anilines is 1. The van der Waals surface area contributed by atoms with Crippen LogP contribution in [0.3, 0.4) is 0 Å². The van der Waals surface area contributed by atoms with Crippen LogP contribution in [0.4, 0.5) is 5.95 Å². The molecular formula is C10H10N4O. The van der Waals surface area contributed by atoms with Gasteiger partial charge in [0.2, 0.25) is 11.8 Å². The van der Waals surface area contributed by atoms with Crippen molar-refractivity contribution in [2.45, 2.75) is 6.92 Å². The van der Waals surface area contributed by atoms with Crippen LogP contribution in [0.15, 0.2) is 30.6 Å². The van der Waals surface area contributed by atoms with Gasteiger partial charge in [0.25, 0.3) is 0 Å². The third-order valence-corrected chi connectivity index (χ3v) is 1.70. The van der Waals surface area contributed by atoms with Gasteiger partial charge >= 0.3 is 0 Å². The van der Waals surface area contributed by atoms with Gasteiger partial charge in [0.15, 0.2) is 0 Å². The number of hydrogen-bond donors (Lipinski definition) is 1. The molecule has 0 amide bonds. The van der Waals surface area contributed by atoms with E-state index in [1.807, 2.05) is 6.92 Å². The zero-order valence-corrected chi connectivity index (χ0v) is 8.21. The van der Waals surface area contributed by atoms with Gasteiger partial charge in [0, 0.05) is 18.0 Å². The van der Waals surface area contributed by atoms with Gasteiger partial charge in [-0.3, -0.25) is 4.98 Å². The van der Waals surface area contributed by atoms with Crippen LogP contribution in [0, 0.1) is 6.92 Å². The molecule has 2 heterocycles. The van der Waals surface area contributed by atoms with Crippen molar-refractivity contribution in [2.24, 2.45) is 0 Å². The first-order chi connectivity index (χ1) is 7.24. The molecular weight excluding hydrogens is 192 g/mol. The minimum Gasteiger partial charge on any atom is -0.437 e. The van der Waals surface area contributed by atoms with Gasteiger partial charge in [0.05, 0.1) is 6.20 Å². The second-order valence-electron chi connectivity index (χ2n) is 3.00. The topological polar surface area (TPSA) is 73.9 Å². The molecule has 0 aliphatic rings. The van der Waals surface area contributed by atoms with E-state index in [1.165, 1.54) is 0 Å². The first kappa shape index (κ1) is 9.39. The third-order valence-electron chi connectivity index (χ3n) is 1.70. The van der Waals surface area contributed by atoms with Crippen LogP contribution < -0.4 is 10.5 Å². The summed E-state index contributed by atoms with van der Waals surface area (Å²) in [5.74, 6) is 1.25. The number of nitrogens with two attached hydrogens (primary N) is 1. The predicted octanol–water partition coefficient (Wildman–Crippen LogP) is 1.55. The molecule has 0 radical (unpaired) electrons. The zero-order valence-electron chi connectivity index (χ0n) is 8.21. The molecule has 0 aromatic carbocycles. The van der Waals surface area contributed by atoms with Crippen LogP contribution in [0.25, 0.3) is 0 Å². The Labute approximate surface area is 87.0 Å². The van der Waals surface area contributed by atoms with Crippen LogP contribution in [-0.2, 0) is 0 Å². The fourth-order valence-electron chi connectivity index (χ4n) is 1.14. The zero-order chi connectivity index (χ0) is 10.7. The van der Waals surface area contributed by atoms with Crippen LogP contribution >= 0.6 is 0 Å². The number of aryl methyl sites for hydroxylation is 1. The summed E-state index contributed by atoms with van der Waals surface area (Å²) in [6, 6.07) is 5.29. The average molecular weight is 202 g/mol. The Kier molecular flexibility index (Phi) is 2.45. The molecule has 2 aromatic rings. The lowest BCUT2D eigenvalue weighted by Crippen LogP contribution is -1.98. The number of aromatic nitrogens is 3. The second kappa shape index (κ2) is 3.91. The van der Waals surface area contributed by atoms with Crippen molar-refractivity contribution in [1.29, 1.82) is 0 Å². The maximum atomic E-state index is 5.50. The highest BCUT2D eigenvalue weighted by Crippen LogP contribution is 2.18. The second-order valence-corrected chi connectivity index (χ2v) is 3.00. The van der Waals surface area contributed by atoms with Crippen LogP contribution in [0.5, 0.6) is 11.6 Å². The number of ether oxygens (including phenoxy) is 1. The summed E-state index contributed by atoms with van der Waals surface area (Å²) in [6.45, 7) is 1.83. The maximum absolute atomic E-state index is 5.50. The van der Waals surface area contributed by atoms with Crippen molar-refractivity contribution in [3.63, 3.8) is 0 Å². The van der Waals surface area contributed by atoms with Gasteiger partial charge in [-0.25, -0.2) is 4.98 Å². The fourth-order valence-corrected chi connectivity index (χ4v) is 1.14. The molecule has 2 rings (SSSR count). The van der Waals surface area contributed by atoms with Gasteiger partial charge in [-0.1, -0.05) is 0 Å². The molecule has 15 heavy (non-hydrogen) atoms. The van der Waals surface area contributed by atoms with Crippen molar-refractivity contribution >= 4 is 5.95 Å². The van der Waals surface area contributed by atoms with Gasteiger partial charge < -0.3 is 10.5 Å². The monoisotopic (exact) mass is 202 g/mol. The molecule has 0 saturated heterocycles. The van der Waals surface area contributed by atoms with E-state index < -0.39 is 0 Å². The molecule has 0 aliphatic heterocycles. The Morgan fingerprint density at radius 1 is 1.33 bits per heavy atom. The summed E-state index contributed by atoms with van der Waals surface area (Å²) in [5.41, 5.74) is 6.26. The van der Waals surface area contributed by atoms with E-state index in [9.17, 15) is 0 Å². The molecule has 5 nitrogen and oxygen atoms in total. The van der Waals surface area contributed by atoms with Gasteiger partial charge in [-0.05, 0) is 19.1 Å². The number of pyridine rings is 1. The minimum absolute atomic E-state index is 0.203. The van der Waals surface area contributed by atoms with Gasteiger partial charge in [0.1, 0.15) is 5.75 Å². The van der Waals surface area contributed by atoms with E-state index >= 15 is 0 Å². The maximum Gasteiger partial charge on any atom is 0.224 e. The van der Waals surface area contributed by atoms with Crippen LogP contribution in [0.1, 0.15) is 5.69 Å². The molecule has 0 aliphatic carbocycles. The highest BCUT2D eigenvalue weighted by atomic mass is 16.5. The van der Waals surface area contributed by atoms with E-state index in [-0.39, 0.29) is 5.95 Å². The van der Waals surface area contributed by atoms with Crippen molar-refractivity contribution in [3.8, 4) is 11.6 Å². The van der Waals surface area contributed by atoms with Gasteiger partial charge in [-0.2, -0.15) is 4.98 Å². The van der Waals surface area contributed by atoms with E-state index in [4.69, 9.17) is 10.5 Å². The molecule has 76 valence electrons. The van der Waals surface area contributed by atoms with Crippen molar-refractivity contribution in [2.75, 3.05) is 5.73 Å². The fraction of sp³-hybridized carbons (Fsp3) is 0.100. The number of hydrogen-bond acceptors (Lipinski definition) is 5. The lowest BCUT2D eigenvalue weighted by molar-refractivity contribution is 0.460. The van der Waals surface area contributed by atoms with Crippen molar-refractivity contribution in [1.82, 2.24) is 15.0 Å². The number of rotatable bonds is 2. The molecule has 0 bridgehead atoms. The smallest absolute Gasteiger partial charge is 0.224 e. The van der Waals surface area contributed by atoms with E-state index in [1.54, 1.807) is 30.6 Å². The Hall–Kier alpha value is -2.17. The van der Waals surface area contributed by atoms with E-state index in [0.29, 0.717) is 11.6 Å². The standard InChI is InChI=1S/C10H10N4O/c1-7-5-9(14-10(11)13-7)15-8-3-2-4-12-6-8/h2-6H,1H3,(H2,11,13,14). The Bertz CT molecular complexity index is 438. The molecule has 2 N–H and O–H groups in total. The normalized spacial score (nSPS) is 9.93. The van der Waals surface area contributed by atoms with Crippen molar-refractivity contribution in [3.05, 3.63) is 36.3 Å². The quantitative estimate of drug-likeness (QED) is 0.799. The highest BCUT2D eigenvalue weighted by Gasteiger charge is 2.01. The third kappa shape index (κ3) is 2.40. The lowest BCUT2D eigenvalue weighted by Gasteiger charge is -2.04. The minimum atomic E-state index is 0.203. The molecule has 5 heteroatoms. The Morgan fingerprint density at radius 3 is 2.87 bits per heavy atom. The highest BCUT2D eigenvalue weighted by molar-refractivity contribution is 5.29. The Balaban J connectivity index is 2.25. The Morgan fingerprint density at radius 2 is 2.20 bits per heavy atom.